The molecule has 0 amide bonds. The van der Waals surface area contributed by atoms with Gasteiger partial charge in [-0.05, 0) is 32.6 Å². The van der Waals surface area contributed by atoms with Crippen LogP contribution in [-0.2, 0) is 9.05 Å². The normalized spacial score (nSPS) is 47.1. The fraction of sp³-hybridized carbons (Fsp3) is 1.00. The maximum atomic E-state index is 5.94. The van der Waals surface area contributed by atoms with Crippen molar-refractivity contribution in [3.8, 4) is 0 Å². The van der Waals surface area contributed by atoms with Crippen LogP contribution < -0.4 is 0 Å². The third-order valence-electron chi connectivity index (χ3n) is 4.10. The summed E-state index contributed by atoms with van der Waals surface area (Å²) in [6.07, 6.45) is 5.89. The molecule has 3 fully saturated rings. The fourth-order valence-electron chi connectivity index (χ4n) is 3.44. The summed E-state index contributed by atoms with van der Waals surface area (Å²) in [5.41, 5.74) is 0. The zero-order chi connectivity index (χ0) is 11.1. The van der Waals surface area contributed by atoms with Gasteiger partial charge >= 0.3 is 0 Å². The molecule has 3 rings (SSSR count). The molecule has 4 heteroatoms. The highest BCUT2D eigenvalue weighted by Crippen LogP contribution is 2.58. The second-order valence-electron chi connectivity index (χ2n) is 5.59. The van der Waals surface area contributed by atoms with Crippen LogP contribution in [0.3, 0.4) is 0 Å². The van der Waals surface area contributed by atoms with Crippen molar-refractivity contribution >= 4 is 8.53 Å². The molecule has 2 unspecified atom stereocenters. The monoisotopic (exact) mass is 243 g/mol. The zero-order valence-corrected chi connectivity index (χ0v) is 11.2. The molecular weight excluding hydrogens is 221 g/mol. The van der Waals surface area contributed by atoms with Crippen molar-refractivity contribution in [3.63, 3.8) is 0 Å². The lowest BCUT2D eigenvalue weighted by Gasteiger charge is -2.35. The second kappa shape index (κ2) is 4.53. The molecule has 92 valence electrons. The molecule has 0 spiro atoms. The summed E-state index contributed by atoms with van der Waals surface area (Å²) >= 11 is 0. The number of rotatable bonds is 2. The van der Waals surface area contributed by atoms with Crippen LogP contribution in [0.1, 0.15) is 39.5 Å². The van der Waals surface area contributed by atoms with E-state index >= 15 is 0 Å². The Labute approximate surface area is 99.5 Å². The molecule has 2 heterocycles. The largest absolute Gasteiger partial charge is 0.322 e. The van der Waals surface area contributed by atoms with Gasteiger partial charge in [-0.15, -0.1) is 0 Å². The van der Waals surface area contributed by atoms with Crippen molar-refractivity contribution in [1.29, 1.82) is 0 Å². The minimum absolute atomic E-state index is 0.283. The highest BCUT2D eigenvalue weighted by atomic mass is 31.2. The van der Waals surface area contributed by atoms with Gasteiger partial charge in [0.2, 0.25) is 0 Å². The SMILES string of the molecule is CC(C)O[P@]1OC[C@@H]2CN1C1CCCC[C@H]12. The Kier molecular flexibility index (Phi) is 3.23. The van der Waals surface area contributed by atoms with E-state index in [0.29, 0.717) is 0 Å². The first-order valence-corrected chi connectivity index (χ1v) is 7.75. The summed E-state index contributed by atoms with van der Waals surface area (Å²) in [5.74, 6) is 1.69. The highest BCUT2D eigenvalue weighted by Gasteiger charge is 2.50. The third kappa shape index (κ3) is 1.92. The van der Waals surface area contributed by atoms with Crippen molar-refractivity contribution in [2.45, 2.75) is 51.7 Å². The molecule has 0 radical (unpaired) electrons. The van der Waals surface area contributed by atoms with E-state index in [4.69, 9.17) is 9.05 Å². The van der Waals surface area contributed by atoms with E-state index in [-0.39, 0.29) is 6.10 Å². The summed E-state index contributed by atoms with van der Waals surface area (Å²) < 4.78 is 14.4. The molecule has 5 atom stereocenters. The van der Waals surface area contributed by atoms with Crippen LogP contribution in [0.15, 0.2) is 0 Å². The first-order valence-electron chi connectivity index (χ1n) is 6.62. The highest BCUT2D eigenvalue weighted by molar-refractivity contribution is 7.44. The van der Waals surface area contributed by atoms with Crippen LogP contribution in [0, 0.1) is 11.8 Å². The average molecular weight is 243 g/mol. The summed E-state index contributed by atoms with van der Waals surface area (Å²) in [4.78, 5) is 0. The molecule has 0 aromatic rings. The van der Waals surface area contributed by atoms with Gasteiger partial charge in [-0.25, -0.2) is 4.67 Å². The quantitative estimate of drug-likeness (QED) is 0.695. The topological polar surface area (TPSA) is 21.7 Å². The Hall–Kier alpha value is 0.310. The summed E-state index contributed by atoms with van der Waals surface area (Å²) in [6.45, 7) is 6.38. The van der Waals surface area contributed by atoms with Gasteiger partial charge in [-0.1, -0.05) is 12.8 Å². The zero-order valence-electron chi connectivity index (χ0n) is 10.3. The minimum Gasteiger partial charge on any atom is -0.322 e. The van der Waals surface area contributed by atoms with E-state index in [2.05, 4.69) is 18.5 Å². The third-order valence-corrected chi connectivity index (χ3v) is 5.95. The van der Waals surface area contributed by atoms with Crippen LogP contribution in [-0.4, -0.2) is 30.0 Å². The molecule has 2 bridgehead atoms. The first-order chi connectivity index (χ1) is 7.75. The first kappa shape index (κ1) is 11.4. The van der Waals surface area contributed by atoms with Gasteiger partial charge in [0.05, 0.1) is 12.7 Å². The molecule has 3 aliphatic rings. The van der Waals surface area contributed by atoms with Gasteiger partial charge in [0.25, 0.3) is 8.53 Å². The van der Waals surface area contributed by atoms with E-state index in [1.54, 1.807) is 0 Å². The lowest BCUT2D eigenvalue weighted by Crippen LogP contribution is -2.32. The lowest BCUT2D eigenvalue weighted by atomic mass is 9.80. The Morgan fingerprint density at radius 1 is 1.31 bits per heavy atom. The van der Waals surface area contributed by atoms with E-state index in [0.717, 1.165) is 24.5 Å². The number of hydrogen-bond acceptors (Lipinski definition) is 3. The molecule has 1 saturated carbocycles. The molecule has 16 heavy (non-hydrogen) atoms. The standard InChI is InChI=1S/C12H22NO2P/c1-9(2)15-16-13-7-10(8-14-16)11-5-3-4-6-12(11)13/h9-12H,3-8H2,1-2H3/t10-,11-,12?,16-/m0/s1. The van der Waals surface area contributed by atoms with Crippen molar-refractivity contribution < 1.29 is 9.05 Å². The summed E-state index contributed by atoms with van der Waals surface area (Å²) in [6, 6.07) is 0.770. The number of nitrogens with zero attached hydrogens (tertiary/aromatic N) is 1. The van der Waals surface area contributed by atoms with Crippen molar-refractivity contribution in [2.24, 2.45) is 11.8 Å². The second-order valence-corrected chi connectivity index (χ2v) is 7.04. The van der Waals surface area contributed by atoms with Gasteiger partial charge in [-0.2, -0.15) is 0 Å². The van der Waals surface area contributed by atoms with E-state index in [1.165, 1.54) is 32.2 Å². The average Bonchev–Trinajstić information content (AvgIpc) is 2.58. The van der Waals surface area contributed by atoms with Gasteiger partial charge < -0.3 is 9.05 Å². The maximum absolute atomic E-state index is 5.94. The molecule has 0 aromatic carbocycles. The van der Waals surface area contributed by atoms with Crippen molar-refractivity contribution in [3.05, 3.63) is 0 Å². The van der Waals surface area contributed by atoms with Gasteiger partial charge in [-0.3, -0.25) is 0 Å². The van der Waals surface area contributed by atoms with E-state index in [9.17, 15) is 0 Å². The molecular formula is C12H22NO2P. The van der Waals surface area contributed by atoms with Crippen LogP contribution in [0.4, 0.5) is 0 Å². The van der Waals surface area contributed by atoms with Crippen molar-refractivity contribution in [1.82, 2.24) is 4.67 Å². The Balaban J connectivity index is 1.73. The Morgan fingerprint density at radius 3 is 2.94 bits per heavy atom. The van der Waals surface area contributed by atoms with Gasteiger partial charge in [0.1, 0.15) is 0 Å². The van der Waals surface area contributed by atoms with Crippen LogP contribution in [0.2, 0.25) is 0 Å². The van der Waals surface area contributed by atoms with Gasteiger partial charge in [0, 0.05) is 18.5 Å². The summed E-state index contributed by atoms with van der Waals surface area (Å²) in [5, 5.41) is 0. The van der Waals surface area contributed by atoms with E-state index in [1.807, 2.05) is 0 Å². The molecule has 3 nitrogen and oxygen atoms in total. The predicted molar refractivity (Wildman–Crippen MR) is 65.0 cm³/mol. The van der Waals surface area contributed by atoms with Crippen LogP contribution in [0.5, 0.6) is 0 Å². The molecule has 2 saturated heterocycles. The number of hydrogen-bond donors (Lipinski definition) is 0. The fourth-order valence-corrected chi connectivity index (χ4v) is 5.32. The number of fused-ring (bicyclic) bond motifs is 5. The van der Waals surface area contributed by atoms with Gasteiger partial charge in [0.15, 0.2) is 0 Å². The molecule has 2 aliphatic heterocycles. The lowest BCUT2D eigenvalue weighted by molar-refractivity contribution is 0.135. The molecule has 0 aromatic heterocycles. The molecule has 1 aliphatic carbocycles. The van der Waals surface area contributed by atoms with Crippen LogP contribution in [0.25, 0.3) is 0 Å². The minimum atomic E-state index is -0.743. The Morgan fingerprint density at radius 2 is 2.12 bits per heavy atom. The smallest absolute Gasteiger partial charge is 0.259 e. The maximum Gasteiger partial charge on any atom is 0.259 e. The van der Waals surface area contributed by atoms with Crippen LogP contribution >= 0.6 is 8.53 Å². The van der Waals surface area contributed by atoms with Crippen molar-refractivity contribution in [2.75, 3.05) is 13.2 Å². The summed E-state index contributed by atoms with van der Waals surface area (Å²) in [7, 11) is -0.743. The Bertz CT molecular complexity index is 261. The predicted octanol–water partition coefficient (Wildman–Crippen LogP) is 3.16. The van der Waals surface area contributed by atoms with E-state index < -0.39 is 8.53 Å². The molecule has 0 N–H and O–H groups in total.